The van der Waals surface area contributed by atoms with Crippen LogP contribution in [-0.4, -0.2) is 52.3 Å². The smallest absolute Gasteiger partial charge is 0.205 e. The van der Waals surface area contributed by atoms with Crippen molar-refractivity contribution in [2.75, 3.05) is 25.4 Å². The van der Waals surface area contributed by atoms with Gasteiger partial charge in [0.05, 0.1) is 22.5 Å². The molecule has 2 atom stereocenters. The molecule has 0 amide bonds. The van der Waals surface area contributed by atoms with Crippen molar-refractivity contribution in [3.63, 3.8) is 0 Å². The highest BCUT2D eigenvalue weighted by Gasteiger charge is 2.37. The topological polar surface area (TPSA) is 69.1 Å². The highest BCUT2D eigenvalue weighted by molar-refractivity contribution is 7.85. The van der Waals surface area contributed by atoms with E-state index in [4.69, 9.17) is 9.98 Å². The molecule has 3 heterocycles. The second-order valence-corrected chi connectivity index (χ2v) is 10.4. The largest absolute Gasteiger partial charge is 0.337 e. The molecule has 0 saturated carbocycles. The molecule has 1 saturated heterocycles. The number of nitrogens with one attached hydrogen (secondary N) is 2. The summed E-state index contributed by atoms with van der Waals surface area (Å²) in [7, 11) is -0.994. The third-order valence-corrected chi connectivity index (χ3v) is 7.64. The molecule has 2 unspecified atom stereocenters. The van der Waals surface area contributed by atoms with Gasteiger partial charge < -0.3 is 15.5 Å². The lowest BCUT2D eigenvalue weighted by molar-refractivity contribution is 0.380. The quantitative estimate of drug-likeness (QED) is 0.683. The highest BCUT2D eigenvalue weighted by atomic mass is 32.2. The second-order valence-electron chi connectivity index (χ2n) is 8.82. The summed E-state index contributed by atoms with van der Waals surface area (Å²) in [5, 5.41) is 6.86. The van der Waals surface area contributed by atoms with Crippen LogP contribution in [0.4, 0.5) is 0 Å². The number of amidine groups is 1. The Bertz CT molecular complexity index is 1070. The number of fused-ring (bicyclic) bond motifs is 2. The number of allylic oxidation sites excluding steroid dienone is 2. The van der Waals surface area contributed by atoms with Gasteiger partial charge in [-0.05, 0) is 36.3 Å². The summed E-state index contributed by atoms with van der Waals surface area (Å²) >= 11 is 0. The molecule has 0 aromatic heterocycles. The van der Waals surface area contributed by atoms with Crippen molar-refractivity contribution in [3.05, 3.63) is 52.6 Å². The number of aliphatic imine (C=N–C) groups is 2. The van der Waals surface area contributed by atoms with E-state index in [0.29, 0.717) is 24.9 Å². The molecule has 2 N–H and O–H groups in total. The Morgan fingerprint density at radius 1 is 1.27 bits per heavy atom. The normalized spacial score (nSPS) is 30.1. The van der Waals surface area contributed by atoms with Gasteiger partial charge in [0.2, 0.25) is 5.96 Å². The van der Waals surface area contributed by atoms with E-state index in [0.717, 1.165) is 53.9 Å². The minimum absolute atomic E-state index is 0.122. The predicted molar refractivity (Wildman–Crippen MR) is 120 cm³/mol. The SMILES string of the molecule is CC1=C=C=C2NC(N3CCS(=O)c4ccccc4C3)=NC(=NC3CNC3)CC2(C)C1. The lowest BCUT2D eigenvalue weighted by atomic mass is 9.76. The van der Waals surface area contributed by atoms with Crippen LogP contribution in [0.5, 0.6) is 0 Å². The summed E-state index contributed by atoms with van der Waals surface area (Å²) in [6.07, 6.45) is 1.69. The summed E-state index contributed by atoms with van der Waals surface area (Å²) in [5.74, 6) is 2.25. The molecule has 1 fully saturated rings. The van der Waals surface area contributed by atoms with Gasteiger partial charge in [-0.25, -0.2) is 0 Å². The summed E-state index contributed by atoms with van der Waals surface area (Å²) in [4.78, 5) is 13.1. The average Bonchev–Trinajstić information content (AvgIpc) is 2.94. The maximum absolute atomic E-state index is 12.7. The zero-order valence-corrected chi connectivity index (χ0v) is 18.3. The molecule has 30 heavy (non-hydrogen) atoms. The van der Waals surface area contributed by atoms with Crippen LogP contribution in [0.3, 0.4) is 0 Å². The number of rotatable bonds is 1. The van der Waals surface area contributed by atoms with E-state index in [2.05, 4.69) is 46.9 Å². The van der Waals surface area contributed by atoms with Gasteiger partial charge >= 0.3 is 0 Å². The number of hydrogen-bond donors (Lipinski definition) is 2. The first-order chi connectivity index (χ1) is 14.5. The number of guanidine groups is 1. The fourth-order valence-electron chi connectivity index (χ4n) is 4.45. The standard InChI is InChI=1S/C23H27N5OS/c1-16-7-8-20-23(2,11-16)12-21(25-18-13-24-14-18)27-22(26-20)28-9-10-30(29)19-6-4-3-5-17(19)15-28/h3-6,18,24H,9-15H2,1-2H3,(H,25,26,27). The van der Waals surface area contributed by atoms with Crippen LogP contribution in [0, 0.1) is 5.41 Å². The van der Waals surface area contributed by atoms with Gasteiger partial charge in [-0.15, -0.1) is 0 Å². The van der Waals surface area contributed by atoms with Crippen molar-refractivity contribution in [1.29, 1.82) is 0 Å². The minimum atomic E-state index is -0.994. The molecule has 3 aliphatic heterocycles. The van der Waals surface area contributed by atoms with Gasteiger partial charge in [0, 0.05) is 48.7 Å². The zero-order chi connectivity index (χ0) is 20.7. The summed E-state index contributed by atoms with van der Waals surface area (Å²) in [6.45, 7) is 7.54. The van der Waals surface area contributed by atoms with E-state index in [-0.39, 0.29) is 5.41 Å². The molecule has 6 nitrogen and oxygen atoms in total. The second kappa shape index (κ2) is 7.68. The molecule has 0 radical (unpaired) electrons. The molecule has 0 spiro atoms. The van der Waals surface area contributed by atoms with Crippen LogP contribution in [0.25, 0.3) is 0 Å². The number of benzene rings is 1. The van der Waals surface area contributed by atoms with Crippen molar-refractivity contribution in [3.8, 4) is 0 Å². The van der Waals surface area contributed by atoms with Gasteiger partial charge in [-0.2, -0.15) is 4.99 Å². The molecule has 1 aliphatic carbocycles. The van der Waals surface area contributed by atoms with Crippen LogP contribution in [0.15, 0.2) is 61.9 Å². The van der Waals surface area contributed by atoms with Gasteiger partial charge in [-0.3, -0.25) is 9.20 Å². The monoisotopic (exact) mass is 421 g/mol. The first-order valence-electron chi connectivity index (χ1n) is 10.6. The van der Waals surface area contributed by atoms with Crippen LogP contribution >= 0.6 is 0 Å². The van der Waals surface area contributed by atoms with E-state index < -0.39 is 10.8 Å². The summed E-state index contributed by atoms with van der Waals surface area (Å²) in [6, 6.07) is 8.31. The molecule has 7 heteroatoms. The van der Waals surface area contributed by atoms with E-state index in [9.17, 15) is 4.21 Å². The summed E-state index contributed by atoms with van der Waals surface area (Å²) in [5.41, 5.74) is 9.81. The van der Waals surface area contributed by atoms with Crippen molar-refractivity contribution in [2.24, 2.45) is 15.4 Å². The Morgan fingerprint density at radius 3 is 2.90 bits per heavy atom. The molecule has 1 aromatic carbocycles. The Labute approximate surface area is 180 Å². The lowest BCUT2D eigenvalue weighted by Crippen LogP contribution is -2.46. The van der Waals surface area contributed by atoms with Gasteiger partial charge in [-0.1, -0.05) is 30.9 Å². The van der Waals surface area contributed by atoms with Crippen LogP contribution in [0.1, 0.15) is 32.3 Å². The molecule has 5 rings (SSSR count). The Hall–Kier alpha value is -2.43. The predicted octanol–water partition coefficient (Wildman–Crippen LogP) is 2.32. The molecule has 4 aliphatic rings. The van der Waals surface area contributed by atoms with Crippen LogP contribution in [0.2, 0.25) is 0 Å². The molecular weight excluding hydrogens is 394 g/mol. The van der Waals surface area contributed by atoms with Crippen molar-refractivity contribution in [2.45, 2.75) is 44.2 Å². The first-order valence-corrected chi connectivity index (χ1v) is 11.9. The van der Waals surface area contributed by atoms with Crippen molar-refractivity contribution >= 4 is 22.6 Å². The maximum Gasteiger partial charge on any atom is 0.205 e. The molecular formula is C23H27N5OS. The minimum Gasteiger partial charge on any atom is -0.337 e. The third kappa shape index (κ3) is 3.70. The average molecular weight is 422 g/mol. The van der Waals surface area contributed by atoms with Crippen molar-refractivity contribution < 1.29 is 4.21 Å². The Kier molecular flexibility index (Phi) is 5.00. The first kappa shape index (κ1) is 19.5. The van der Waals surface area contributed by atoms with Gasteiger partial charge in [0.15, 0.2) is 0 Å². The van der Waals surface area contributed by atoms with Crippen LogP contribution in [-0.2, 0) is 17.3 Å². The molecule has 156 valence electrons. The van der Waals surface area contributed by atoms with E-state index in [1.54, 1.807) is 0 Å². The molecule has 1 aromatic rings. The zero-order valence-electron chi connectivity index (χ0n) is 17.5. The Morgan fingerprint density at radius 2 is 2.10 bits per heavy atom. The van der Waals surface area contributed by atoms with E-state index in [1.807, 2.05) is 18.2 Å². The van der Waals surface area contributed by atoms with Crippen molar-refractivity contribution in [1.82, 2.24) is 15.5 Å². The summed E-state index contributed by atoms with van der Waals surface area (Å²) < 4.78 is 12.7. The lowest BCUT2D eigenvalue weighted by Gasteiger charge is -2.32. The number of nitrogens with zero attached hydrogens (tertiary/aromatic N) is 3. The third-order valence-electron chi connectivity index (χ3n) is 6.20. The number of hydrogen-bond acceptors (Lipinski definition) is 5. The molecule has 0 bridgehead atoms. The van der Waals surface area contributed by atoms with E-state index in [1.165, 1.54) is 5.57 Å². The maximum atomic E-state index is 12.7. The van der Waals surface area contributed by atoms with Gasteiger partial charge in [0.1, 0.15) is 5.84 Å². The van der Waals surface area contributed by atoms with E-state index >= 15 is 0 Å². The van der Waals surface area contributed by atoms with Gasteiger partial charge in [0.25, 0.3) is 0 Å². The fraction of sp³-hybridized carbons (Fsp3) is 0.478. The Balaban J connectivity index is 1.54. The fourth-order valence-corrected chi connectivity index (χ4v) is 5.71. The highest BCUT2D eigenvalue weighted by Crippen LogP contribution is 2.39. The van der Waals surface area contributed by atoms with Crippen LogP contribution < -0.4 is 10.6 Å².